The Bertz CT molecular complexity index is 912. The number of hydrogen-bond donors (Lipinski definition) is 2. The van der Waals surface area contributed by atoms with Crippen LogP contribution in [0.1, 0.15) is 17.3 Å². The Morgan fingerprint density at radius 2 is 1.86 bits per heavy atom. The Morgan fingerprint density at radius 1 is 1.14 bits per heavy atom. The van der Waals surface area contributed by atoms with Crippen LogP contribution in [0.2, 0.25) is 0 Å². The summed E-state index contributed by atoms with van der Waals surface area (Å²) in [5.41, 5.74) is -0.726. The zero-order valence-corrected chi connectivity index (χ0v) is 17.8. The third-order valence-electron chi connectivity index (χ3n) is 4.02. The molecule has 6 nitrogen and oxygen atoms in total. The number of halogens is 4. The number of carbonyl (C=O) groups is 2. The summed E-state index contributed by atoms with van der Waals surface area (Å²) in [5, 5.41) is 4.93. The van der Waals surface area contributed by atoms with E-state index >= 15 is 0 Å². The van der Waals surface area contributed by atoms with Gasteiger partial charge < -0.3 is 20.3 Å². The van der Waals surface area contributed by atoms with Crippen LogP contribution in [0.5, 0.6) is 0 Å². The number of methoxy groups -OCH3 is 1. The molecule has 0 atom stereocenters. The predicted molar refractivity (Wildman–Crippen MR) is 111 cm³/mol. The molecule has 29 heavy (non-hydrogen) atoms. The first-order valence-electron chi connectivity index (χ1n) is 8.59. The maximum atomic E-state index is 14.5. The average Bonchev–Trinajstić information content (AvgIpc) is 2.70. The first-order valence-corrected chi connectivity index (χ1v) is 9.67. The maximum Gasteiger partial charge on any atom is 0.406 e. The largest absolute Gasteiger partial charge is 0.453 e. The molecule has 0 heterocycles. The molecule has 0 bridgehead atoms. The van der Waals surface area contributed by atoms with Crippen LogP contribution in [0.4, 0.5) is 29.3 Å². The van der Waals surface area contributed by atoms with Crippen molar-refractivity contribution in [2.45, 2.75) is 6.92 Å². The van der Waals surface area contributed by atoms with Crippen molar-refractivity contribution in [3.8, 4) is 0 Å². The van der Waals surface area contributed by atoms with Crippen molar-refractivity contribution in [1.29, 1.82) is 0 Å². The van der Waals surface area contributed by atoms with Gasteiger partial charge >= 0.3 is 6.09 Å². The van der Waals surface area contributed by atoms with E-state index in [1.54, 1.807) is 13.0 Å². The van der Waals surface area contributed by atoms with Crippen molar-refractivity contribution in [2.24, 2.45) is 0 Å². The summed E-state index contributed by atoms with van der Waals surface area (Å²) in [4.78, 5) is 25.4. The lowest BCUT2D eigenvalue weighted by molar-refractivity contribution is 0.0764. The van der Waals surface area contributed by atoms with Crippen LogP contribution in [0, 0.1) is 21.0 Å². The molecule has 0 spiro atoms. The van der Waals surface area contributed by atoms with E-state index in [1.807, 2.05) is 22.6 Å². The number of ether oxygens (including phenoxy) is 1. The Kier molecular flexibility index (Phi) is 8.11. The van der Waals surface area contributed by atoms with Gasteiger partial charge in [-0.1, -0.05) is 0 Å². The van der Waals surface area contributed by atoms with Gasteiger partial charge in [0.25, 0.3) is 5.91 Å². The van der Waals surface area contributed by atoms with Gasteiger partial charge in [0.1, 0.15) is 5.82 Å². The molecule has 0 unspecified atom stereocenters. The highest BCUT2D eigenvalue weighted by Crippen LogP contribution is 2.29. The maximum absolute atomic E-state index is 14.5. The Balaban J connectivity index is 2.32. The zero-order chi connectivity index (χ0) is 21.6. The SMILES string of the molecule is CCN(CCNC(=O)OC)C(=O)c1ccc(F)c(F)c1Nc1ccc(I)cc1F. The van der Waals surface area contributed by atoms with Gasteiger partial charge in [0.05, 0.1) is 24.0 Å². The van der Waals surface area contributed by atoms with Gasteiger partial charge in [-0.25, -0.2) is 18.0 Å². The molecule has 2 aromatic rings. The number of benzene rings is 2. The molecule has 0 saturated carbocycles. The first-order chi connectivity index (χ1) is 13.8. The molecule has 0 fully saturated rings. The van der Waals surface area contributed by atoms with Crippen LogP contribution in [0.3, 0.4) is 0 Å². The van der Waals surface area contributed by atoms with E-state index in [4.69, 9.17) is 0 Å². The lowest BCUT2D eigenvalue weighted by Crippen LogP contribution is -2.38. The summed E-state index contributed by atoms with van der Waals surface area (Å²) >= 11 is 1.91. The van der Waals surface area contributed by atoms with Gasteiger partial charge in [-0.2, -0.15) is 0 Å². The molecule has 2 amide bonds. The molecule has 0 radical (unpaired) electrons. The van der Waals surface area contributed by atoms with Gasteiger partial charge in [-0.3, -0.25) is 4.79 Å². The van der Waals surface area contributed by atoms with E-state index in [1.165, 1.54) is 24.1 Å². The van der Waals surface area contributed by atoms with Crippen molar-refractivity contribution in [3.63, 3.8) is 0 Å². The number of carbonyl (C=O) groups excluding carboxylic acids is 2. The van der Waals surface area contributed by atoms with Crippen LogP contribution in [-0.2, 0) is 4.74 Å². The molecule has 2 aromatic carbocycles. The second kappa shape index (κ2) is 10.3. The predicted octanol–water partition coefficient (Wildman–Crippen LogP) is 4.27. The summed E-state index contributed by atoms with van der Waals surface area (Å²) in [6.45, 7) is 2.16. The van der Waals surface area contributed by atoms with E-state index in [-0.39, 0.29) is 30.9 Å². The quantitative estimate of drug-likeness (QED) is 0.535. The van der Waals surface area contributed by atoms with Crippen LogP contribution >= 0.6 is 22.6 Å². The molecule has 10 heteroatoms. The molecule has 0 aliphatic rings. The highest BCUT2D eigenvalue weighted by molar-refractivity contribution is 14.1. The number of nitrogens with zero attached hydrogens (tertiary/aromatic N) is 1. The van der Waals surface area contributed by atoms with Gasteiger partial charge in [0, 0.05) is 23.2 Å². The number of alkyl carbamates (subject to hydrolysis) is 1. The highest BCUT2D eigenvalue weighted by atomic mass is 127. The Morgan fingerprint density at radius 3 is 2.48 bits per heavy atom. The fourth-order valence-electron chi connectivity index (χ4n) is 2.52. The minimum Gasteiger partial charge on any atom is -0.453 e. The summed E-state index contributed by atoms with van der Waals surface area (Å²) in [6.07, 6.45) is -0.655. The van der Waals surface area contributed by atoms with E-state index in [0.717, 1.165) is 12.1 Å². The van der Waals surface area contributed by atoms with Crippen LogP contribution < -0.4 is 10.6 Å². The molecule has 2 rings (SSSR count). The number of amides is 2. The number of hydrogen-bond acceptors (Lipinski definition) is 4. The number of rotatable bonds is 7. The molecular weight excluding hydrogens is 502 g/mol. The minimum atomic E-state index is -1.29. The molecule has 0 aromatic heterocycles. The Labute approximate surface area is 179 Å². The summed E-state index contributed by atoms with van der Waals surface area (Å²) in [7, 11) is 1.21. The second-order valence-electron chi connectivity index (χ2n) is 5.84. The van der Waals surface area contributed by atoms with Crippen molar-refractivity contribution in [2.75, 3.05) is 32.1 Å². The minimum absolute atomic E-state index is 0.0978. The fourth-order valence-corrected chi connectivity index (χ4v) is 2.97. The number of nitrogens with one attached hydrogen (secondary N) is 2. The molecule has 2 N–H and O–H groups in total. The lowest BCUT2D eigenvalue weighted by atomic mass is 10.1. The lowest BCUT2D eigenvalue weighted by Gasteiger charge is -2.23. The number of likely N-dealkylation sites (N-methyl/N-ethyl adjacent to an activating group) is 1. The van der Waals surface area contributed by atoms with Gasteiger partial charge in [-0.15, -0.1) is 0 Å². The monoisotopic (exact) mass is 521 g/mol. The van der Waals surface area contributed by atoms with Crippen molar-refractivity contribution in [3.05, 3.63) is 56.9 Å². The van der Waals surface area contributed by atoms with E-state index in [9.17, 15) is 22.8 Å². The van der Waals surface area contributed by atoms with E-state index in [2.05, 4.69) is 15.4 Å². The fraction of sp³-hybridized carbons (Fsp3) is 0.263. The normalized spacial score (nSPS) is 10.4. The second-order valence-corrected chi connectivity index (χ2v) is 7.08. The Hall–Kier alpha value is -2.50. The smallest absolute Gasteiger partial charge is 0.406 e. The van der Waals surface area contributed by atoms with Gasteiger partial charge in [-0.05, 0) is 59.8 Å². The molecule has 156 valence electrons. The summed E-state index contributed by atoms with van der Waals surface area (Å²) < 4.78 is 47.5. The van der Waals surface area contributed by atoms with Crippen LogP contribution in [0.25, 0.3) is 0 Å². The van der Waals surface area contributed by atoms with Crippen LogP contribution in [0.15, 0.2) is 30.3 Å². The van der Waals surface area contributed by atoms with Crippen LogP contribution in [-0.4, -0.2) is 43.6 Å². The molecule has 0 aliphatic carbocycles. The van der Waals surface area contributed by atoms with Gasteiger partial charge in [0.15, 0.2) is 11.6 Å². The summed E-state index contributed by atoms with van der Waals surface area (Å²) in [5.74, 6) is -3.75. The van der Waals surface area contributed by atoms with E-state index in [0.29, 0.717) is 3.57 Å². The third-order valence-corrected chi connectivity index (χ3v) is 4.69. The highest BCUT2D eigenvalue weighted by Gasteiger charge is 2.23. The molecular formula is C19H19F3IN3O3. The average molecular weight is 521 g/mol. The van der Waals surface area contributed by atoms with Crippen molar-refractivity contribution >= 4 is 46.0 Å². The first kappa shape index (κ1) is 22.8. The molecule has 0 aliphatic heterocycles. The topological polar surface area (TPSA) is 70.7 Å². The molecule has 0 saturated heterocycles. The standard InChI is InChI=1S/C19H19F3IN3O3/c1-3-26(9-8-24-19(28)29-2)18(27)12-5-6-13(20)16(22)17(12)25-15-7-4-11(23)10-14(15)21/h4-7,10,25H,3,8-9H2,1-2H3,(H,24,28). The van der Waals surface area contributed by atoms with Crippen molar-refractivity contribution < 1.29 is 27.5 Å². The summed E-state index contributed by atoms with van der Waals surface area (Å²) in [6, 6.07) is 6.14. The zero-order valence-electron chi connectivity index (χ0n) is 15.7. The van der Waals surface area contributed by atoms with E-state index < -0.39 is 35.1 Å². The number of anilines is 2. The van der Waals surface area contributed by atoms with Gasteiger partial charge in [0.2, 0.25) is 0 Å². The van der Waals surface area contributed by atoms with Crippen molar-refractivity contribution in [1.82, 2.24) is 10.2 Å². The third kappa shape index (κ3) is 5.75.